The third-order valence-corrected chi connectivity index (χ3v) is 7.10. The van der Waals surface area contributed by atoms with Gasteiger partial charge in [-0.15, -0.1) is 0 Å². The fourth-order valence-electron chi connectivity index (χ4n) is 4.82. The Balaban J connectivity index is 1.79. The Kier molecular flexibility index (Phi) is 12.5. The molecule has 214 valence electrons. The van der Waals surface area contributed by atoms with Crippen LogP contribution in [0.3, 0.4) is 0 Å². The molecule has 1 aromatic rings. The summed E-state index contributed by atoms with van der Waals surface area (Å²) in [7, 11) is 0. The average Bonchev–Trinajstić information content (AvgIpc) is 2.93. The lowest BCUT2D eigenvalue weighted by Crippen LogP contribution is -2.62. The zero-order valence-electron chi connectivity index (χ0n) is 23.3. The van der Waals surface area contributed by atoms with Crippen molar-refractivity contribution in [1.29, 1.82) is 0 Å². The van der Waals surface area contributed by atoms with Crippen LogP contribution in [0.15, 0.2) is 42.5 Å². The van der Waals surface area contributed by atoms with Crippen molar-refractivity contribution < 1.29 is 23.9 Å². The van der Waals surface area contributed by atoms with Crippen LogP contribution in [-0.4, -0.2) is 60.0 Å². The molecule has 0 spiro atoms. The molecule has 3 amide bonds. The summed E-state index contributed by atoms with van der Waals surface area (Å²) >= 11 is 0. The van der Waals surface area contributed by atoms with Gasteiger partial charge in [0.25, 0.3) is 5.91 Å². The lowest BCUT2D eigenvalue weighted by molar-refractivity contribution is -0.153. The Morgan fingerprint density at radius 2 is 1.64 bits per heavy atom. The molecule has 3 N–H and O–H groups in total. The Labute approximate surface area is 232 Å². The number of hydrazine groups is 1. The number of ether oxygens (including phenoxy) is 1. The molecule has 1 fully saturated rings. The highest BCUT2D eigenvalue weighted by Gasteiger charge is 2.35. The van der Waals surface area contributed by atoms with Gasteiger partial charge in [-0.25, -0.2) is 5.43 Å². The van der Waals surface area contributed by atoms with Gasteiger partial charge in [-0.1, -0.05) is 56.3 Å². The van der Waals surface area contributed by atoms with E-state index < -0.39 is 24.0 Å². The van der Waals surface area contributed by atoms with Crippen LogP contribution in [-0.2, 0) is 30.3 Å². The van der Waals surface area contributed by atoms with Crippen LogP contribution in [0.5, 0.6) is 0 Å². The zero-order chi connectivity index (χ0) is 28.0. The van der Waals surface area contributed by atoms with Crippen LogP contribution in [0.25, 0.3) is 0 Å². The molecule has 1 saturated heterocycles. The van der Waals surface area contributed by atoms with E-state index in [0.29, 0.717) is 32.4 Å². The molecule has 3 atom stereocenters. The minimum absolute atomic E-state index is 0.165. The summed E-state index contributed by atoms with van der Waals surface area (Å²) in [5.41, 5.74) is 3.93. The number of rotatable bonds is 3. The minimum atomic E-state index is -0.870. The summed E-state index contributed by atoms with van der Waals surface area (Å²) in [6.45, 7) is 4.50. The molecule has 0 saturated carbocycles. The first-order valence-electron chi connectivity index (χ1n) is 14.4. The number of cyclic esters (lactones) is 1. The van der Waals surface area contributed by atoms with E-state index in [0.717, 1.165) is 44.1 Å². The lowest BCUT2D eigenvalue weighted by atomic mass is 10.00. The normalized spacial score (nSPS) is 26.0. The van der Waals surface area contributed by atoms with E-state index in [2.05, 4.69) is 28.2 Å². The quantitative estimate of drug-likeness (QED) is 0.401. The second-order valence-corrected chi connectivity index (χ2v) is 10.7. The van der Waals surface area contributed by atoms with Crippen molar-refractivity contribution in [3.63, 3.8) is 0 Å². The number of amides is 3. The van der Waals surface area contributed by atoms with Gasteiger partial charge in [-0.2, -0.15) is 0 Å². The van der Waals surface area contributed by atoms with Gasteiger partial charge >= 0.3 is 5.97 Å². The molecule has 0 aliphatic carbocycles. The van der Waals surface area contributed by atoms with E-state index in [1.165, 1.54) is 5.01 Å². The Morgan fingerprint density at radius 3 is 2.36 bits per heavy atom. The molecule has 0 aromatic heterocycles. The van der Waals surface area contributed by atoms with Crippen LogP contribution in [0, 0.1) is 5.92 Å². The molecule has 0 radical (unpaired) electrons. The molecule has 3 rings (SSSR count). The van der Waals surface area contributed by atoms with Crippen molar-refractivity contribution in [1.82, 2.24) is 21.1 Å². The van der Waals surface area contributed by atoms with Gasteiger partial charge in [0, 0.05) is 19.4 Å². The Bertz CT molecular complexity index is 981. The number of hydrogen-bond acceptors (Lipinski definition) is 6. The maximum absolute atomic E-state index is 13.7. The molecule has 9 heteroatoms. The Morgan fingerprint density at radius 1 is 0.923 bits per heavy atom. The first kappa shape index (κ1) is 30.3. The van der Waals surface area contributed by atoms with Crippen molar-refractivity contribution in [3.8, 4) is 0 Å². The zero-order valence-corrected chi connectivity index (χ0v) is 23.3. The van der Waals surface area contributed by atoms with Gasteiger partial charge in [0.15, 0.2) is 0 Å². The molecule has 2 bridgehead atoms. The number of fused-ring (bicyclic) bond motifs is 2. The summed E-state index contributed by atoms with van der Waals surface area (Å²) in [5, 5.41) is 7.22. The smallest absolute Gasteiger partial charge is 0.324 e. The monoisotopic (exact) mass is 540 g/mol. The molecule has 0 unspecified atom stereocenters. The maximum Gasteiger partial charge on any atom is 0.324 e. The molecule has 39 heavy (non-hydrogen) atoms. The molecular weight excluding hydrogens is 496 g/mol. The standard InChI is InChI=1S/C30H44N4O5/c1-22(2)27-28(36)31-25(21-23-15-10-9-11-16-23)29(37)34-19-14-17-24(33-34)30(38)39-20-13-8-6-4-3-5-7-12-18-26(35)32-27/h3-4,9-11,15-16,22,24-25,27,33H,5-8,12-14,17-21H2,1-2H3,(H,31,36)(H,32,35)/b4-3+/t24-,25-,27-/m0/s1. The number of esters is 1. The van der Waals surface area contributed by atoms with E-state index in [1.807, 2.05) is 44.2 Å². The van der Waals surface area contributed by atoms with Crippen molar-refractivity contribution in [2.75, 3.05) is 13.2 Å². The number of carbonyl (C=O) groups is 4. The summed E-state index contributed by atoms with van der Waals surface area (Å²) in [6.07, 6.45) is 11.2. The van der Waals surface area contributed by atoms with Crippen LogP contribution in [0.4, 0.5) is 0 Å². The third-order valence-electron chi connectivity index (χ3n) is 7.10. The van der Waals surface area contributed by atoms with E-state index in [4.69, 9.17) is 4.74 Å². The minimum Gasteiger partial charge on any atom is -0.464 e. The van der Waals surface area contributed by atoms with Gasteiger partial charge in [-0.3, -0.25) is 24.2 Å². The van der Waals surface area contributed by atoms with Crippen molar-refractivity contribution in [2.45, 2.75) is 96.2 Å². The van der Waals surface area contributed by atoms with Crippen LogP contribution >= 0.6 is 0 Å². The van der Waals surface area contributed by atoms with Crippen LogP contribution in [0.2, 0.25) is 0 Å². The molecule has 9 nitrogen and oxygen atoms in total. The SMILES string of the molecule is CC(C)[C@@H]1NC(=O)CCCC/C=C/CCCCOC(=O)[C@@H]2CCCN(N2)C(=O)[C@H](Cc2ccccc2)NC1=O. The van der Waals surface area contributed by atoms with Crippen molar-refractivity contribution >= 4 is 23.7 Å². The van der Waals surface area contributed by atoms with E-state index in [1.54, 1.807) is 0 Å². The van der Waals surface area contributed by atoms with Gasteiger partial charge in [0.1, 0.15) is 18.1 Å². The summed E-state index contributed by atoms with van der Waals surface area (Å²) in [4.78, 5) is 52.5. The second kappa shape index (κ2) is 16.0. The number of hydrogen-bond donors (Lipinski definition) is 3. The highest BCUT2D eigenvalue weighted by Crippen LogP contribution is 2.14. The topological polar surface area (TPSA) is 117 Å². The number of allylic oxidation sites excluding steroid dienone is 2. The number of nitrogens with zero attached hydrogens (tertiary/aromatic N) is 1. The first-order valence-corrected chi connectivity index (χ1v) is 14.4. The van der Waals surface area contributed by atoms with Crippen LogP contribution < -0.4 is 16.1 Å². The van der Waals surface area contributed by atoms with Crippen molar-refractivity contribution in [3.05, 3.63) is 48.0 Å². The molecule has 1 aromatic carbocycles. The molecule has 2 aliphatic rings. The highest BCUT2D eigenvalue weighted by atomic mass is 16.5. The van der Waals surface area contributed by atoms with Gasteiger partial charge in [-0.05, 0) is 62.8 Å². The second-order valence-electron chi connectivity index (χ2n) is 10.7. The number of benzene rings is 1. The number of nitrogens with one attached hydrogen (secondary N) is 3. The molecule has 2 aliphatic heterocycles. The fraction of sp³-hybridized carbons (Fsp3) is 0.600. The maximum atomic E-state index is 13.7. The first-order chi connectivity index (χ1) is 18.8. The van der Waals surface area contributed by atoms with Crippen molar-refractivity contribution in [2.24, 2.45) is 5.92 Å². The summed E-state index contributed by atoms with van der Waals surface area (Å²) in [6, 6.07) is 7.22. The van der Waals surface area contributed by atoms with E-state index >= 15 is 0 Å². The lowest BCUT2D eigenvalue weighted by Gasteiger charge is -2.35. The van der Waals surface area contributed by atoms with E-state index in [9.17, 15) is 19.2 Å². The Hall–Kier alpha value is -3.20. The fourth-order valence-corrected chi connectivity index (χ4v) is 4.82. The van der Waals surface area contributed by atoms with Crippen LogP contribution in [0.1, 0.15) is 77.2 Å². The predicted octanol–water partition coefficient (Wildman–Crippen LogP) is 3.19. The average molecular weight is 541 g/mol. The highest BCUT2D eigenvalue weighted by molar-refractivity contribution is 5.92. The molecular formula is C30H44N4O5. The van der Waals surface area contributed by atoms with Gasteiger partial charge < -0.3 is 15.4 Å². The van der Waals surface area contributed by atoms with Gasteiger partial charge in [0.2, 0.25) is 11.8 Å². The number of carbonyl (C=O) groups excluding carboxylic acids is 4. The van der Waals surface area contributed by atoms with E-state index in [-0.39, 0.29) is 30.1 Å². The van der Waals surface area contributed by atoms with Gasteiger partial charge in [0.05, 0.1) is 6.61 Å². The molecule has 2 heterocycles. The summed E-state index contributed by atoms with van der Waals surface area (Å²) < 4.78 is 5.49. The largest absolute Gasteiger partial charge is 0.464 e. The third kappa shape index (κ3) is 10.1. The predicted molar refractivity (Wildman–Crippen MR) is 149 cm³/mol. The summed E-state index contributed by atoms with van der Waals surface area (Å²) in [5.74, 6) is -1.42.